The summed E-state index contributed by atoms with van der Waals surface area (Å²) in [5, 5.41) is 0. The van der Waals surface area contributed by atoms with Crippen molar-refractivity contribution in [2.45, 2.75) is 26.2 Å². The van der Waals surface area contributed by atoms with Crippen LogP contribution in [0, 0.1) is 11.8 Å². The van der Waals surface area contributed by atoms with Crippen LogP contribution in [0.15, 0.2) is 0 Å². The Morgan fingerprint density at radius 2 is 2.25 bits per heavy atom. The molecule has 1 aliphatic carbocycles. The summed E-state index contributed by atoms with van der Waals surface area (Å²) < 4.78 is 0. The van der Waals surface area contributed by atoms with E-state index in [1.165, 1.54) is 19.3 Å². The maximum Gasteiger partial charge on any atom is 0.0226 e. The van der Waals surface area contributed by atoms with Crippen LogP contribution in [-0.4, -0.2) is 5.88 Å². The van der Waals surface area contributed by atoms with Gasteiger partial charge in [0.15, 0.2) is 0 Å². The number of hydrogen-bond acceptors (Lipinski definition) is 0. The van der Waals surface area contributed by atoms with Gasteiger partial charge in [-0.2, -0.15) is 0 Å². The molecule has 1 unspecified atom stereocenters. The van der Waals surface area contributed by atoms with Crippen molar-refractivity contribution < 1.29 is 0 Å². The van der Waals surface area contributed by atoms with E-state index in [1.807, 2.05) is 0 Å². The molecule has 1 atom stereocenters. The zero-order valence-corrected chi connectivity index (χ0v) is 6.12. The molecule has 48 valence electrons. The van der Waals surface area contributed by atoms with E-state index < -0.39 is 0 Å². The number of alkyl halides is 1. The lowest BCUT2D eigenvalue weighted by Gasteiger charge is -2.04. The molecule has 0 bridgehead atoms. The fourth-order valence-corrected chi connectivity index (χ4v) is 1.42. The zero-order chi connectivity index (χ0) is 5.98. The van der Waals surface area contributed by atoms with Crippen molar-refractivity contribution in [3.05, 3.63) is 0 Å². The average Bonchev–Trinajstić information content (AvgIpc) is 2.45. The Morgan fingerprint density at radius 1 is 1.62 bits per heavy atom. The van der Waals surface area contributed by atoms with Crippen LogP contribution in [-0.2, 0) is 0 Å². The number of rotatable bonds is 3. The molecule has 0 aromatic heterocycles. The van der Waals surface area contributed by atoms with E-state index in [4.69, 9.17) is 11.6 Å². The van der Waals surface area contributed by atoms with Gasteiger partial charge in [0.05, 0.1) is 0 Å². The highest BCUT2D eigenvalue weighted by atomic mass is 35.5. The molecule has 8 heavy (non-hydrogen) atoms. The van der Waals surface area contributed by atoms with Crippen LogP contribution in [0.1, 0.15) is 26.2 Å². The van der Waals surface area contributed by atoms with Gasteiger partial charge in [-0.3, -0.25) is 0 Å². The quantitative estimate of drug-likeness (QED) is 0.518. The van der Waals surface area contributed by atoms with E-state index in [0.29, 0.717) is 0 Å². The van der Waals surface area contributed by atoms with Gasteiger partial charge in [0, 0.05) is 5.88 Å². The first kappa shape index (κ1) is 6.41. The second-order valence-electron chi connectivity index (χ2n) is 2.79. The molecule has 1 aliphatic rings. The summed E-state index contributed by atoms with van der Waals surface area (Å²) in [6.45, 7) is 2.31. The molecule has 1 saturated carbocycles. The normalized spacial score (nSPS) is 23.2. The predicted octanol–water partition coefficient (Wildman–Crippen LogP) is 2.66. The Balaban J connectivity index is 2.03. The fourth-order valence-electron chi connectivity index (χ4n) is 1.07. The van der Waals surface area contributed by atoms with Crippen molar-refractivity contribution in [1.29, 1.82) is 0 Å². The van der Waals surface area contributed by atoms with Crippen molar-refractivity contribution in [2.75, 3.05) is 5.88 Å². The maximum atomic E-state index is 5.57. The maximum absolute atomic E-state index is 5.57. The summed E-state index contributed by atoms with van der Waals surface area (Å²) in [4.78, 5) is 0. The van der Waals surface area contributed by atoms with E-state index in [9.17, 15) is 0 Å². The van der Waals surface area contributed by atoms with E-state index in [2.05, 4.69) is 6.92 Å². The summed E-state index contributed by atoms with van der Waals surface area (Å²) in [6.07, 6.45) is 4.13. The van der Waals surface area contributed by atoms with Crippen LogP contribution in [0.25, 0.3) is 0 Å². The second kappa shape index (κ2) is 2.72. The molecular formula is C7H13Cl. The SMILES string of the molecule is CC(CCCl)C1CC1. The van der Waals surface area contributed by atoms with Gasteiger partial charge in [-0.1, -0.05) is 6.92 Å². The van der Waals surface area contributed by atoms with Gasteiger partial charge in [-0.05, 0) is 31.1 Å². The Bertz CT molecular complexity index is 66.8. The van der Waals surface area contributed by atoms with E-state index >= 15 is 0 Å². The molecule has 0 N–H and O–H groups in total. The Morgan fingerprint density at radius 3 is 2.62 bits per heavy atom. The third-order valence-electron chi connectivity index (χ3n) is 1.99. The molecule has 1 heteroatoms. The Labute approximate surface area is 56.2 Å². The highest BCUT2D eigenvalue weighted by molar-refractivity contribution is 6.17. The molecule has 0 aromatic rings. The molecular weight excluding hydrogens is 120 g/mol. The molecule has 0 spiro atoms. The van der Waals surface area contributed by atoms with Crippen molar-refractivity contribution in [3.63, 3.8) is 0 Å². The third-order valence-corrected chi connectivity index (χ3v) is 2.21. The first-order valence-corrected chi connectivity index (χ1v) is 3.94. The zero-order valence-electron chi connectivity index (χ0n) is 5.36. The van der Waals surface area contributed by atoms with E-state index in [1.54, 1.807) is 0 Å². The molecule has 1 rings (SSSR count). The smallest absolute Gasteiger partial charge is 0.0226 e. The van der Waals surface area contributed by atoms with Gasteiger partial charge >= 0.3 is 0 Å². The van der Waals surface area contributed by atoms with Gasteiger partial charge in [0.25, 0.3) is 0 Å². The summed E-state index contributed by atoms with van der Waals surface area (Å²) >= 11 is 5.57. The van der Waals surface area contributed by atoms with Crippen molar-refractivity contribution >= 4 is 11.6 Å². The standard InChI is InChI=1S/C7H13Cl/c1-6(4-5-8)7-2-3-7/h6-7H,2-5H2,1H3. The van der Waals surface area contributed by atoms with E-state index in [0.717, 1.165) is 17.7 Å². The molecule has 0 amide bonds. The lowest BCUT2D eigenvalue weighted by atomic mass is 10.0. The second-order valence-corrected chi connectivity index (χ2v) is 3.17. The highest BCUT2D eigenvalue weighted by Crippen LogP contribution is 2.38. The minimum atomic E-state index is 0.845. The van der Waals surface area contributed by atoms with Crippen molar-refractivity contribution in [2.24, 2.45) is 11.8 Å². The monoisotopic (exact) mass is 132 g/mol. The van der Waals surface area contributed by atoms with Crippen LogP contribution < -0.4 is 0 Å². The topological polar surface area (TPSA) is 0 Å². The summed E-state index contributed by atoms with van der Waals surface area (Å²) in [5.41, 5.74) is 0. The minimum absolute atomic E-state index is 0.845. The summed E-state index contributed by atoms with van der Waals surface area (Å²) in [6, 6.07) is 0. The largest absolute Gasteiger partial charge is 0.127 e. The molecule has 1 fully saturated rings. The van der Waals surface area contributed by atoms with Crippen LogP contribution in [0.3, 0.4) is 0 Å². The van der Waals surface area contributed by atoms with Crippen LogP contribution in [0.4, 0.5) is 0 Å². The Hall–Kier alpha value is 0.290. The first-order valence-electron chi connectivity index (χ1n) is 3.40. The van der Waals surface area contributed by atoms with E-state index in [-0.39, 0.29) is 0 Å². The molecule has 0 aliphatic heterocycles. The number of hydrogen-bond donors (Lipinski definition) is 0. The summed E-state index contributed by atoms with van der Waals surface area (Å²) in [7, 11) is 0. The average molecular weight is 133 g/mol. The summed E-state index contributed by atoms with van der Waals surface area (Å²) in [5.74, 6) is 2.78. The van der Waals surface area contributed by atoms with Gasteiger partial charge in [0.1, 0.15) is 0 Å². The van der Waals surface area contributed by atoms with Gasteiger partial charge in [-0.25, -0.2) is 0 Å². The molecule has 0 nitrogen and oxygen atoms in total. The van der Waals surface area contributed by atoms with Gasteiger partial charge in [-0.15, -0.1) is 11.6 Å². The van der Waals surface area contributed by atoms with Gasteiger partial charge < -0.3 is 0 Å². The van der Waals surface area contributed by atoms with Crippen molar-refractivity contribution in [3.8, 4) is 0 Å². The van der Waals surface area contributed by atoms with Crippen LogP contribution in [0.2, 0.25) is 0 Å². The number of halogens is 1. The first-order chi connectivity index (χ1) is 3.84. The highest BCUT2D eigenvalue weighted by Gasteiger charge is 2.26. The molecule has 0 heterocycles. The Kier molecular flexibility index (Phi) is 2.18. The minimum Gasteiger partial charge on any atom is -0.127 e. The molecule has 0 radical (unpaired) electrons. The predicted molar refractivity (Wildman–Crippen MR) is 37.2 cm³/mol. The molecule has 0 saturated heterocycles. The van der Waals surface area contributed by atoms with Crippen LogP contribution in [0.5, 0.6) is 0 Å². The fraction of sp³-hybridized carbons (Fsp3) is 1.00. The van der Waals surface area contributed by atoms with Gasteiger partial charge in [0.2, 0.25) is 0 Å². The third kappa shape index (κ3) is 1.66. The molecule has 0 aromatic carbocycles. The lowest BCUT2D eigenvalue weighted by Crippen LogP contribution is -1.96. The lowest BCUT2D eigenvalue weighted by molar-refractivity contribution is 0.496. The van der Waals surface area contributed by atoms with Crippen LogP contribution >= 0.6 is 11.6 Å². The van der Waals surface area contributed by atoms with Crippen molar-refractivity contribution in [1.82, 2.24) is 0 Å².